The Morgan fingerprint density at radius 3 is 2.36 bits per heavy atom. The molecule has 1 aliphatic heterocycles. The smallest absolute Gasteiger partial charge is 0.264 e. The molecule has 0 spiro atoms. The van der Waals surface area contributed by atoms with E-state index in [1.54, 1.807) is 24.3 Å². The highest BCUT2D eigenvalue weighted by molar-refractivity contribution is 7.92. The molecular formula is C33H37ClFN3O6S. The Balaban J connectivity index is 1.50. The second-order valence-corrected chi connectivity index (χ2v) is 13.4. The van der Waals surface area contributed by atoms with Crippen LogP contribution in [0.3, 0.4) is 0 Å². The van der Waals surface area contributed by atoms with Crippen molar-refractivity contribution in [1.29, 1.82) is 0 Å². The van der Waals surface area contributed by atoms with Gasteiger partial charge in [0.15, 0.2) is 11.5 Å². The maximum Gasteiger partial charge on any atom is 0.264 e. The maximum atomic E-state index is 14.3. The van der Waals surface area contributed by atoms with Crippen molar-refractivity contribution in [2.45, 2.75) is 69.0 Å². The van der Waals surface area contributed by atoms with Gasteiger partial charge >= 0.3 is 0 Å². The zero-order valence-electron chi connectivity index (χ0n) is 25.1. The minimum Gasteiger partial charge on any atom is -0.486 e. The predicted octanol–water partition coefficient (Wildman–Crippen LogP) is 5.70. The molecule has 0 radical (unpaired) electrons. The summed E-state index contributed by atoms with van der Waals surface area (Å²) in [6.45, 7) is 1.73. The van der Waals surface area contributed by atoms with Gasteiger partial charge in [-0.05, 0) is 67.3 Å². The molecule has 1 saturated carbocycles. The third-order valence-corrected chi connectivity index (χ3v) is 10.3. The molecule has 2 amide bonds. The number of rotatable bonds is 11. The number of sulfonamides is 1. The van der Waals surface area contributed by atoms with Crippen LogP contribution in [-0.2, 0) is 26.2 Å². The summed E-state index contributed by atoms with van der Waals surface area (Å²) in [6.07, 6.45) is 5.19. The number of carbonyl (C=O) groups is 2. The molecule has 12 heteroatoms. The Kier molecular flexibility index (Phi) is 10.5. The number of halogens is 2. The van der Waals surface area contributed by atoms with Crippen molar-refractivity contribution in [2.24, 2.45) is 0 Å². The van der Waals surface area contributed by atoms with E-state index in [9.17, 15) is 22.4 Å². The lowest BCUT2D eigenvalue weighted by Gasteiger charge is -2.34. The van der Waals surface area contributed by atoms with Crippen LogP contribution in [0.5, 0.6) is 11.5 Å². The molecule has 2 aliphatic rings. The number of carbonyl (C=O) groups excluding carboxylic acids is 2. The molecule has 3 aromatic rings. The fraction of sp³-hybridized carbons (Fsp3) is 0.394. The van der Waals surface area contributed by atoms with Gasteiger partial charge in [0.25, 0.3) is 10.0 Å². The van der Waals surface area contributed by atoms with Gasteiger partial charge in [0.1, 0.15) is 31.6 Å². The highest BCUT2D eigenvalue weighted by Crippen LogP contribution is 2.34. The number of amides is 2. The predicted molar refractivity (Wildman–Crippen MR) is 169 cm³/mol. The van der Waals surface area contributed by atoms with Crippen molar-refractivity contribution in [1.82, 2.24) is 10.2 Å². The topological polar surface area (TPSA) is 105 Å². The summed E-state index contributed by atoms with van der Waals surface area (Å²) in [5, 5.41) is 3.53. The van der Waals surface area contributed by atoms with Gasteiger partial charge < -0.3 is 19.7 Å². The summed E-state index contributed by atoms with van der Waals surface area (Å²) in [7, 11) is -4.38. The Bertz CT molecular complexity index is 1610. The molecule has 5 rings (SSSR count). The van der Waals surface area contributed by atoms with Gasteiger partial charge in [-0.2, -0.15) is 0 Å². The average molecular weight is 658 g/mol. The number of nitrogens with zero attached hydrogens (tertiary/aromatic N) is 2. The molecule has 45 heavy (non-hydrogen) atoms. The van der Waals surface area contributed by atoms with Crippen molar-refractivity contribution in [3.63, 3.8) is 0 Å². The van der Waals surface area contributed by atoms with Crippen LogP contribution in [0.25, 0.3) is 0 Å². The molecule has 1 N–H and O–H groups in total. The van der Waals surface area contributed by atoms with Crippen molar-refractivity contribution in [2.75, 3.05) is 24.1 Å². The van der Waals surface area contributed by atoms with Crippen LogP contribution in [0.4, 0.5) is 10.1 Å². The van der Waals surface area contributed by atoms with E-state index in [1.165, 1.54) is 35.2 Å². The van der Waals surface area contributed by atoms with Gasteiger partial charge in [0.05, 0.1) is 10.6 Å². The van der Waals surface area contributed by atoms with Crippen molar-refractivity contribution < 1.29 is 31.9 Å². The Morgan fingerprint density at radius 2 is 1.67 bits per heavy atom. The molecule has 1 fully saturated rings. The molecule has 9 nitrogen and oxygen atoms in total. The molecular weight excluding hydrogens is 621 g/mol. The molecule has 1 heterocycles. The van der Waals surface area contributed by atoms with Crippen molar-refractivity contribution in [3.05, 3.63) is 83.1 Å². The van der Waals surface area contributed by atoms with E-state index in [-0.39, 0.29) is 41.4 Å². The second-order valence-electron chi connectivity index (χ2n) is 11.2. The van der Waals surface area contributed by atoms with Gasteiger partial charge in [0.2, 0.25) is 11.8 Å². The zero-order chi connectivity index (χ0) is 32.0. The molecule has 0 saturated heterocycles. The fourth-order valence-corrected chi connectivity index (χ4v) is 7.35. The SMILES string of the molecule is CC[C@@H](C(=O)NC1CCCCC1)N(Cc1ccccc1Cl)C(=O)CN(c1ccc(F)cc1)S(=O)(=O)c1ccc2c(c1)OCCO2. The number of benzene rings is 3. The lowest BCUT2D eigenvalue weighted by molar-refractivity contribution is -0.140. The Morgan fingerprint density at radius 1 is 0.978 bits per heavy atom. The van der Waals surface area contributed by atoms with E-state index in [0.717, 1.165) is 48.5 Å². The van der Waals surface area contributed by atoms with Crippen LogP contribution in [0, 0.1) is 5.82 Å². The number of ether oxygens (including phenoxy) is 2. The van der Waals surface area contributed by atoms with Gasteiger partial charge in [-0.1, -0.05) is 56.0 Å². The van der Waals surface area contributed by atoms with Gasteiger partial charge in [-0.25, -0.2) is 12.8 Å². The number of anilines is 1. The average Bonchev–Trinajstić information content (AvgIpc) is 3.05. The molecule has 240 valence electrons. The summed E-state index contributed by atoms with van der Waals surface area (Å²) < 4.78 is 54.3. The lowest BCUT2D eigenvalue weighted by atomic mass is 9.95. The van der Waals surface area contributed by atoms with Crippen LogP contribution in [-0.4, -0.2) is 57.0 Å². The van der Waals surface area contributed by atoms with E-state index in [2.05, 4.69) is 5.32 Å². The van der Waals surface area contributed by atoms with Crippen LogP contribution >= 0.6 is 11.6 Å². The van der Waals surface area contributed by atoms with E-state index in [0.29, 0.717) is 29.4 Å². The van der Waals surface area contributed by atoms with Gasteiger partial charge in [-0.15, -0.1) is 0 Å². The standard InChI is InChI=1S/C33H37ClFN3O6S/c1-2-29(33(40)36-25-9-4-3-5-10-25)37(21-23-8-6-7-11-28(23)34)32(39)22-38(26-14-12-24(35)13-15-26)45(41,42)27-16-17-30-31(20-27)44-19-18-43-30/h6-8,11-17,20,25,29H,2-5,9-10,18-19,21-22H2,1H3,(H,36,40)/t29-/m0/s1. The summed E-state index contributed by atoms with van der Waals surface area (Å²) >= 11 is 6.48. The highest BCUT2D eigenvalue weighted by Gasteiger charge is 2.35. The molecule has 0 bridgehead atoms. The lowest BCUT2D eigenvalue weighted by Crippen LogP contribution is -2.54. The van der Waals surface area contributed by atoms with Gasteiger partial charge in [-0.3, -0.25) is 13.9 Å². The third kappa shape index (κ3) is 7.70. The molecule has 1 aliphatic carbocycles. The monoisotopic (exact) mass is 657 g/mol. The summed E-state index contributed by atoms with van der Waals surface area (Å²) in [5.41, 5.74) is 0.691. The normalized spacial score (nSPS) is 15.6. The number of nitrogens with one attached hydrogen (secondary N) is 1. The molecule has 0 unspecified atom stereocenters. The molecule has 1 atom stereocenters. The zero-order valence-corrected chi connectivity index (χ0v) is 26.7. The number of hydrogen-bond acceptors (Lipinski definition) is 6. The van der Waals surface area contributed by atoms with Crippen LogP contribution in [0.15, 0.2) is 71.6 Å². The second kappa shape index (κ2) is 14.5. The van der Waals surface area contributed by atoms with Crippen LogP contribution in [0.2, 0.25) is 5.02 Å². The highest BCUT2D eigenvalue weighted by atomic mass is 35.5. The first-order valence-corrected chi connectivity index (χ1v) is 17.0. The van der Waals surface area contributed by atoms with Crippen molar-refractivity contribution in [3.8, 4) is 11.5 Å². The first-order chi connectivity index (χ1) is 21.7. The quantitative estimate of drug-likeness (QED) is 0.284. The molecule has 0 aromatic heterocycles. The fourth-order valence-electron chi connectivity index (χ4n) is 5.72. The first kappa shape index (κ1) is 32.6. The summed E-state index contributed by atoms with van der Waals surface area (Å²) in [6, 6.07) is 15.2. The van der Waals surface area contributed by atoms with E-state index >= 15 is 0 Å². The number of hydrogen-bond donors (Lipinski definition) is 1. The number of fused-ring (bicyclic) bond motifs is 1. The minimum atomic E-state index is -4.38. The van der Waals surface area contributed by atoms with E-state index < -0.39 is 34.3 Å². The van der Waals surface area contributed by atoms with Gasteiger partial charge in [0, 0.05) is 23.7 Å². The molecule has 3 aromatic carbocycles. The maximum absolute atomic E-state index is 14.3. The largest absolute Gasteiger partial charge is 0.486 e. The van der Waals surface area contributed by atoms with Crippen molar-refractivity contribution >= 4 is 39.1 Å². The summed E-state index contributed by atoms with van der Waals surface area (Å²) in [4.78, 5) is 29.2. The minimum absolute atomic E-state index is 0.0174. The first-order valence-electron chi connectivity index (χ1n) is 15.2. The van der Waals surface area contributed by atoms with Crippen LogP contribution < -0.4 is 19.1 Å². The Hall–Kier alpha value is -3.83. The third-order valence-electron chi connectivity index (χ3n) is 8.13. The summed E-state index contributed by atoms with van der Waals surface area (Å²) in [5.74, 6) is -0.810. The van der Waals surface area contributed by atoms with E-state index in [4.69, 9.17) is 21.1 Å². The Labute approximate surface area is 268 Å². The van der Waals surface area contributed by atoms with Crippen LogP contribution in [0.1, 0.15) is 51.0 Å². The van der Waals surface area contributed by atoms with E-state index in [1.807, 2.05) is 6.92 Å².